The molecule has 0 radical (unpaired) electrons. The lowest BCUT2D eigenvalue weighted by Gasteiger charge is -2.12. The van der Waals surface area contributed by atoms with Gasteiger partial charge in [0.25, 0.3) is 11.8 Å². The van der Waals surface area contributed by atoms with E-state index in [4.69, 9.17) is 5.73 Å². The number of anilines is 1. The molecule has 4 N–H and O–H groups in total. The molecule has 1 aromatic carbocycles. The largest absolute Gasteiger partial charge is 0.383 e. The van der Waals surface area contributed by atoms with Crippen molar-refractivity contribution in [3.05, 3.63) is 41.7 Å². The molecule has 0 aliphatic carbocycles. The van der Waals surface area contributed by atoms with Gasteiger partial charge in [0.05, 0.1) is 9.77 Å². The van der Waals surface area contributed by atoms with Crippen LogP contribution in [0.15, 0.2) is 39.4 Å². The SMILES string of the molecule is CC(C)CC(O)C(=O)Nc1sc(Sc2ccc(F)cc2)cc1C(N)=O. The van der Waals surface area contributed by atoms with Crippen LogP contribution in [0.3, 0.4) is 0 Å². The van der Waals surface area contributed by atoms with Crippen LogP contribution in [-0.2, 0) is 4.79 Å². The average Bonchev–Trinajstić information content (AvgIpc) is 2.91. The third-order valence-electron chi connectivity index (χ3n) is 3.24. The van der Waals surface area contributed by atoms with Gasteiger partial charge in [-0.2, -0.15) is 0 Å². The average molecular weight is 382 g/mol. The number of halogens is 1. The van der Waals surface area contributed by atoms with Crippen LogP contribution in [0.4, 0.5) is 9.39 Å². The summed E-state index contributed by atoms with van der Waals surface area (Å²) in [6.45, 7) is 3.79. The van der Waals surface area contributed by atoms with Crippen LogP contribution in [0, 0.1) is 11.7 Å². The Hall–Kier alpha value is -1.90. The predicted molar refractivity (Wildman–Crippen MR) is 97.5 cm³/mol. The Morgan fingerprint density at radius 2 is 1.96 bits per heavy atom. The van der Waals surface area contributed by atoms with Crippen LogP contribution in [0.1, 0.15) is 30.6 Å². The number of carbonyl (C=O) groups is 2. The summed E-state index contributed by atoms with van der Waals surface area (Å²) in [4.78, 5) is 24.5. The molecule has 5 nitrogen and oxygen atoms in total. The lowest BCUT2D eigenvalue weighted by Crippen LogP contribution is -2.29. The van der Waals surface area contributed by atoms with Gasteiger partial charge in [0.2, 0.25) is 0 Å². The van der Waals surface area contributed by atoms with Crippen LogP contribution in [0.25, 0.3) is 0 Å². The fraction of sp³-hybridized carbons (Fsp3) is 0.294. The van der Waals surface area contributed by atoms with E-state index in [9.17, 15) is 19.1 Å². The molecule has 2 rings (SSSR count). The van der Waals surface area contributed by atoms with E-state index in [2.05, 4.69) is 5.32 Å². The van der Waals surface area contributed by atoms with E-state index >= 15 is 0 Å². The van der Waals surface area contributed by atoms with Crippen molar-refractivity contribution < 1.29 is 19.1 Å². The van der Waals surface area contributed by atoms with Gasteiger partial charge < -0.3 is 16.2 Å². The molecule has 134 valence electrons. The molecule has 0 saturated heterocycles. The molecule has 1 heterocycles. The van der Waals surface area contributed by atoms with Crippen LogP contribution >= 0.6 is 23.1 Å². The minimum Gasteiger partial charge on any atom is -0.383 e. The second-order valence-electron chi connectivity index (χ2n) is 5.86. The fourth-order valence-electron chi connectivity index (χ4n) is 2.06. The molecule has 1 aromatic heterocycles. The standard InChI is InChI=1S/C17H19FN2O3S2/c1-9(2)7-13(21)16(23)20-17-12(15(19)22)8-14(25-17)24-11-5-3-10(18)4-6-11/h3-6,8-9,13,21H,7H2,1-2H3,(H2,19,22)(H,20,23). The molecule has 0 fully saturated rings. The zero-order valence-electron chi connectivity index (χ0n) is 13.8. The van der Waals surface area contributed by atoms with Gasteiger partial charge in [-0.05, 0) is 42.7 Å². The van der Waals surface area contributed by atoms with Gasteiger partial charge in [0.1, 0.15) is 16.9 Å². The van der Waals surface area contributed by atoms with Crippen LogP contribution in [0.2, 0.25) is 0 Å². The van der Waals surface area contributed by atoms with Crippen LogP contribution in [-0.4, -0.2) is 23.0 Å². The molecule has 0 saturated carbocycles. The molecule has 1 unspecified atom stereocenters. The van der Waals surface area contributed by atoms with Crippen molar-refractivity contribution in [2.45, 2.75) is 35.5 Å². The van der Waals surface area contributed by atoms with Crippen molar-refractivity contribution in [3.8, 4) is 0 Å². The number of nitrogens with one attached hydrogen (secondary N) is 1. The van der Waals surface area contributed by atoms with E-state index in [1.54, 1.807) is 18.2 Å². The maximum absolute atomic E-state index is 13.0. The highest BCUT2D eigenvalue weighted by Gasteiger charge is 2.21. The summed E-state index contributed by atoms with van der Waals surface area (Å²) in [5.74, 6) is -1.42. The molecule has 1 atom stereocenters. The van der Waals surface area contributed by atoms with Gasteiger partial charge in [-0.15, -0.1) is 11.3 Å². The smallest absolute Gasteiger partial charge is 0.253 e. The number of rotatable bonds is 7. The summed E-state index contributed by atoms with van der Waals surface area (Å²) in [5.41, 5.74) is 5.55. The zero-order valence-corrected chi connectivity index (χ0v) is 15.4. The normalized spacial score (nSPS) is 12.2. The van der Waals surface area contributed by atoms with Gasteiger partial charge in [-0.3, -0.25) is 9.59 Å². The summed E-state index contributed by atoms with van der Waals surface area (Å²) in [6, 6.07) is 7.50. The first kappa shape index (κ1) is 19.4. The highest BCUT2D eigenvalue weighted by atomic mass is 32.2. The zero-order chi connectivity index (χ0) is 18.6. The molecule has 2 aromatic rings. The van der Waals surface area contributed by atoms with Crippen molar-refractivity contribution in [1.82, 2.24) is 0 Å². The van der Waals surface area contributed by atoms with E-state index < -0.39 is 17.9 Å². The van der Waals surface area contributed by atoms with Crippen LogP contribution < -0.4 is 11.1 Å². The number of benzene rings is 1. The molecule has 25 heavy (non-hydrogen) atoms. The highest BCUT2D eigenvalue weighted by Crippen LogP contribution is 2.38. The maximum Gasteiger partial charge on any atom is 0.253 e. The molecular weight excluding hydrogens is 363 g/mol. The number of hydrogen-bond acceptors (Lipinski definition) is 5. The Kier molecular flexibility index (Phi) is 6.57. The van der Waals surface area contributed by atoms with Gasteiger partial charge in [-0.1, -0.05) is 25.6 Å². The summed E-state index contributed by atoms with van der Waals surface area (Å²) in [5, 5.41) is 12.7. The number of amides is 2. The first-order chi connectivity index (χ1) is 11.8. The van der Waals surface area contributed by atoms with E-state index in [1.165, 1.54) is 35.2 Å². The third-order valence-corrected chi connectivity index (χ3v) is 5.41. The number of hydrogen-bond donors (Lipinski definition) is 3. The summed E-state index contributed by atoms with van der Waals surface area (Å²) >= 11 is 2.50. The summed E-state index contributed by atoms with van der Waals surface area (Å²) in [7, 11) is 0. The Morgan fingerprint density at radius 1 is 1.32 bits per heavy atom. The Labute approximate surface area is 153 Å². The first-order valence-corrected chi connectivity index (χ1v) is 9.25. The Morgan fingerprint density at radius 3 is 2.52 bits per heavy atom. The Bertz CT molecular complexity index is 760. The topological polar surface area (TPSA) is 92.4 Å². The second-order valence-corrected chi connectivity index (χ2v) is 8.29. The lowest BCUT2D eigenvalue weighted by molar-refractivity contribution is -0.124. The number of aliphatic hydroxyl groups excluding tert-OH is 1. The number of nitrogens with two attached hydrogens (primary N) is 1. The first-order valence-electron chi connectivity index (χ1n) is 7.62. The number of thiophene rings is 1. The van der Waals surface area contributed by atoms with Crippen molar-refractivity contribution in [1.29, 1.82) is 0 Å². The van der Waals surface area contributed by atoms with Gasteiger partial charge in [-0.25, -0.2) is 4.39 Å². The monoisotopic (exact) mass is 382 g/mol. The third kappa shape index (κ3) is 5.55. The second kappa shape index (κ2) is 8.46. The van der Waals surface area contributed by atoms with Gasteiger partial charge >= 0.3 is 0 Å². The van der Waals surface area contributed by atoms with E-state index in [-0.39, 0.29) is 17.3 Å². The summed E-state index contributed by atoms with van der Waals surface area (Å²) in [6.07, 6.45) is -0.837. The highest BCUT2D eigenvalue weighted by molar-refractivity contribution is 8.01. The van der Waals surface area contributed by atoms with E-state index in [0.29, 0.717) is 15.6 Å². The van der Waals surface area contributed by atoms with Gasteiger partial charge in [0, 0.05) is 4.90 Å². The molecule has 0 aliphatic heterocycles. The van der Waals surface area contributed by atoms with E-state index in [0.717, 1.165) is 4.90 Å². The van der Waals surface area contributed by atoms with Crippen molar-refractivity contribution >= 4 is 39.9 Å². The molecular formula is C17H19FN2O3S2. The van der Waals surface area contributed by atoms with E-state index in [1.807, 2.05) is 13.8 Å². The molecule has 0 spiro atoms. The quantitative estimate of drug-likeness (QED) is 0.683. The number of carbonyl (C=O) groups excluding carboxylic acids is 2. The fourth-order valence-corrected chi connectivity index (χ4v) is 4.25. The van der Waals surface area contributed by atoms with Crippen molar-refractivity contribution in [2.75, 3.05) is 5.32 Å². The minimum absolute atomic E-state index is 0.157. The molecule has 0 aliphatic rings. The number of aliphatic hydroxyl groups is 1. The van der Waals surface area contributed by atoms with Gasteiger partial charge in [0.15, 0.2) is 0 Å². The minimum atomic E-state index is -1.16. The molecule has 8 heteroatoms. The molecule has 2 amide bonds. The van der Waals surface area contributed by atoms with Crippen molar-refractivity contribution in [2.24, 2.45) is 11.7 Å². The number of primary amides is 1. The predicted octanol–water partition coefficient (Wildman–Crippen LogP) is 3.48. The molecule has 0 bridgehead atoms. The van der Waals surface area contributed by atoms with Crippen molar-refractivity contribution in [3.63, 3.8) is 0 Å². The Balaban J connectivity index is 2.17. The maximum atomic E-state index is 13.0. The van der Waals surface area contributed by atoms with Crippen LogP contribution in [0.5, 0.6) is 0 Å². The summed E-state index contributed by atoms with van der Waals surface area (Å²) < 4.78 is 13.7. The lowest BCUT2D eigenvalue weighted by atomic mass is 10.1.